The molecule has 42 heavy (non-hydrogen) atoms. The monoisotopic (exact) mass is 592 g/mol. The number of aryl methyl sites for hydroxylation is 1. The molecule has 2 aromatic carbocycles. The van der Waals surface area contributed by atoms with Crippen molar-refractivity contribution in [3.8, 4) is 23.5 Å². The molecule has 1 aliphatic heterocycles. The van der Waals surface area contributed by atoms with Gasteiger partial charge < -0.3 is 23.8 Å². The molecule has 0 spiro atoms. The summed E-state index contributed by atoms with van der Waals surface area (Å²) < 4.78 is 47.3. The smallest absolute Gasteiger partial charge is 0.266 e. The number of benzene rings is 2. The van der Waals surface area contributed by atoms with Crippen molar-refractivity contribution in [1.82, 2.24) is 24.7 Å². The van der Waals surface area contributed by atoms with Gasteiger partial charge in [-0.25, -0.2) is 8.42 Å². The van der Waals surface area contributed by atoms with Gasteiger partial charge in [-0.1, -0.05) is 24.1 Å². The molecular formula is C29H32N6O6S. The van der Waals surface area contributed by atoms with E-state index in [4.69, 9.17) is 14.0 Å². The van der Waals surface area contributed by atoms with Crippen molar-refractivity contribution in [2.75, 3.05) is 45.1 Å². The van der Waals surface area contributed by atoms with Gasteiger partial charge in [-0.2, -0.15) is 5.10 Å². The third-order valence-electron chi connectivity index (χ3n) is 7.04. The maximum atomic E-state index is 13.4. The van der Waals surface area contributed by atoms with E-state index in [1.807, 2.05) is 17.9 Å². The van der Waals surface area contributed by atoms with Gasteiger partial charge in [-0.15, -0.1) is 0 Å². The number of carbonyl (C=O) groups is 1. The molecule has 0 unspecified atom stereocenters. The van der Waals surface area contributed by atoms with Crippen LogP contribution in [0.15, 0.2) is 52.1 Å². The van der Waals surface area contributed by atoms with Gasteiger partial charge in [-0.05, 0) is 48.7 Å². The number of sulfonamides is 1. The van der Waals surface area contributed by atoms with Crippen molar-refractivity contribution in [3.05, 3.63) is 59.4 Å². The highest BCUT2D eigenvalue weighted by atomic mass is 32.2. The van der Waals surface area contributed by atoms with Crippen LogP contribution >= 0.6 is 0 Å². The van der Waals surface area contributed by atoms with Gasteiger partial charge in [0.05, 0.1) is 32.5 Å². The molecule has 13 heteroatoms. The van der Waals surface area contributed by atoms with E-state index in [0.717, 1.165) is 11.1 Å². The molecule has 1 fully saturated rings. The summed E-state index contributed by atoms with van der Waals surface area (Å²) in [5.74, 6) is 3.39. The first-order valence-corrected chi connectivity index (χ1v) is 14.9. The van der Waals surface area contributed by atoms with Crippen LogP contribution in [0.5, 0.6) is 11.5 Å². The first-order valence-electron chi connectivity index (χ1n) is 13.4. The lowest BCUT2D eigenvalue weighted by Gasteiger charge is -2.32. The molecule has 220 valence electrons. The first kappa shape index (κ1) is 28.8. The molecule has 4 aromatic rings. The number of aromatic nitrogens is 3. The van der Waals surface area contributed by atoms with Crippen LogP contribution in [0.3, 0.4) is 0 Å². The normalized spacial score (nSPS) is 13.5. The third kappa shape index (κ3) is 5.84. The maximum Gasteiger partial charge on any atom is 0.266 e. The van der Waals surface area contributed by atoms with Crippen LogP contribution in [0.1, 0.15) is 35.3 Å². The number of anilines is 1. The summed E-state index contributed by atoms with van der Waals surface area (Å²) in [7, 11) is -1.17. The Bertz CT molecular complexity index is 1780. The zero-order valence-corrected chi connectivity index (χ0v) is 24.7. The zero-order valence-electron chi connectivity index (χ0n) is 23.9. The van der Waals surface area contributed by atoms with Crippen molar-refractivity contribution >= 4 is 32.7 Å². The quantitative estimate of drug-likeness (QED) is 0.291. The number of ether oxygens (including phenoxy) is 2. The molecule has 0 radical (unpaired) electrons. The Labute approximate surface area is 244 Å². The Hall–Kier alpha value is -4.70. The Balaban J connectivity index is 1.35. The fourth-order valence-corrected chi connectivity index (χ4v) is 6.08. The third-order valence-corrected chi connectivity index (χ3v) is 8.40. The van der Waals surface area contributed by atoms with Crippen LogP contribution in [-0.4, -0.2) is 79.5 Å². The average Bonchev–Trinajstić information content (AvgIpc) is 3.63. The van der Waals surface area contributed by atoms with Crippen molar-refractivity contribution in [2.45, 2.75) is 31.7 Å². The molecule has 1 saturated heterocycles. The Morgan fingerprint density at radius 1 is 1.07 bits per heavy atom. The predicted molar refractivity (Wildman–Crippen MR) is 156 cm³/mol. The topological polar surface area (TPSA) is 132 Å². The van der Waals surface area contributed by atoms with E-state index in [2.05, 4.69) is 26.9 Å². The van der Waals surface area contributed by atoms with E-state index in [9.17, 15) is 13.2 Å². The van der Waals surface area contributed by atoms with Crippen LogP contribution in [0.4, 0.5) is 5.82 Å². The van der Waals surface area contributed by atoms with Gasteiger partial charge in [0, 0.05) is 38.4 Å². The lowest BCUT2D eigenvalue weighted by atomic mass is 10.1. The molecule has 0 aliphatic carbocycles. The number of carbonyl (C=O) groups excluding carboxylic acids is 1. The molecule has 0 bridgehead atoms. The highest BCUT2D eigenvalue weighted by Gasteiger charge is 2.26. The van der Waals surface area contributed by atoms with Gasteiger partial charge in [0.25, 0.3) is 15.9 Å². The minimum atomic E-state index is -4.07. The lowest BCUT2D eigenvalue weighted by Crippen LogP contribution is -2.46. The maximum absolute atomic E-state index is 13.4. The molecule has 5 rings (SSSR count). The molecule has 1 N–H and O–H groups in total. The Kier molecular flexibility index (Phi) is 8.26. The predicted octanol–water partition coefficient (Wildman–Crippen LogP) is 3.19. The van der Waals surface area contributed by atoms with Gasteiger partial charge in [0.2, 0.25) is 0 Å². The van der Waals surface area contributed by atoms with E-state index in [1.165, 1.54) is 14.2 Å². The minimum Gasteiger partial charge on any atom is -0.496 e. The number of fused-ring (bicyclic) bond motifs is 1. The molecule has 1 aliphatic rings. The van der Waals surface area contributed by atoms with Gasteiger partial charge >= 0.3 is 0 Å². The second kappa shape index (κ2) is 12.0. The number of hydrogen-bond acceptors (Lipinski definition) is 9. The second-order valence-corrected chi connectivity index (χ2v) is 11.4. The second-order valence-electron chi connectivity index (χ2n) is 9.71. The summed E-state index contributed by atoms with van der Waals surface area (Å²) >= 11 is 0. The van der Waals surface area contributed by atoms with Crippen LogP contribution in [0.25, 0.3) is 11.0 Å². The van der Waals surface area contributed by atoms with Gasteiger partial charge in [-0.3, -0.25) is 14.2 Å². The lowest BCUT2D eigenvalue weighted by molar-refractivity contribution is 0.0686. The summed E-state index contributed by atoms with van der Waals surface area (Å²) in [5, 5.41) is 8.73. The minimum absolute atomic E-state index is 0.00312. The standard InChI is InChI=1S/C29H32N6O6S/c1-5-9-33-10-12-34(13-11-33)29(36)22-17-30-35(19-22)18-21-14-24(40-4)27-25(15-21)41-31-28(27)32-42(37,38)26-16-20(6-2)7-8-23(26)39-3/h7-8,14-17,19H,6,10-13,18H2,1-4H3,(H,31,32). The van der Waals surface area contributed by atoms with Crippen LogP contribution < -0.4 is 14.2 Å². The summed E-state index contributed by atoms with van der Waals surface area (Å²) in [6.45, 7) is 6.66. The molecular weight excluding hydrogens is 560 g/mol. The van der Waals surface area contributed by atoms with Crippen molar-refractivity contribution < 1.29 is 27.2 Å². The number of nitrogens with zero attached hydrogens (tertiary/aromatic N) is 5. The number of piperazine rings is 1. The number of nitrogens with one attached hydrogen (secondary N) is 1. The largest absolute Gasteiger partial charge is 0.496 e. The molecule has 12 nitrogen and oxygen atoms in total. The van der Waals surface area contributed by atoms with Gasteiger partial charge in [0.1, 0.15) is 21.8 Å². The SMILES string of the molecule is CC#CN1CCN(C(=O)c2cnn(Cc3cc(OC)c4c(NS(=O)(=O)c5cc(CC)ccc5OC)noc4c3)c2)CC1. The number of rotatable bonds is 9. The van der Waals surface area contributed by atoms with Crippen LogP contribution in [-0.2, 0) is 23.0 Å². The van der Waals surface area contributed by atoms with Crippen molar-refractivity contribution in [3.63, 3.8) is 0 Å². The molecule has 0 saturated carbocycles. The summed E-state index contributed by atoms with van der Waals surface area (Å²) in [5.41, 5.74) is 2.43. The molecule has 1 amide bonds. The van der Waals surface area contributed by atoms with E-state index >= 15 is 0 Å². The Morgan fingerprint density at radius 2 is 1.83 bits per heavy atom. The van der Waals surface area contributed by atoms with E-state index in [0.29, 0.717) is 61.4 Å². The molecule has 2 aromatic heterocycles. The Morgan fingerprint density at radius 3 is 2.52 bits per heavy atom. The average molecular weight is 593 g/mol. The van der Waals surface area contributed by atoms with E-state index < -0.39 is 10.0 Å². The summed E-state index contributed by atoms with van der Waals surface area (Å²) in [4.78, 5) is 16.8. The van der Waals surface area contributed by atoms with Crippen molar-refractivity contribution in [1.29, 1.82) is 0 Å². The number of amides is 1. The number of hydrogen-bond donors (Lipinski definition) is 1. The fourth-order valence-electron chi connectivity index (χ4n) is 4.85. The first-order chi connectivity index (χ1) is 20.3. The van der Waals surface area contributed by atoms with E-state index in [1.54, 1.807) is 53.2 Å². The summed E-state index contributed by atoms with van der Waals surface area (Å²) in [6, 6.07) is 11.5. The van der Waals surface area contributed by atoms with Gasteiger partial charge in [0.15, 0.2) is 11.4 Å². The molecule has 3 heterocycles. The van der Waals surface area contributed by atoms with Crippen LogP contribution in [0.2, 0.25) is 0 Å². The fraction of sp³-hybridized carbons (Fsp3) is 0.345. The summed E-state index contributed by atoms with van der Waals surface area (Å²) in [6.07, 6.45) is 3.92. The zero-order chi connectivity index (χ0) is 29.9. The highest BCUT2D eigenvalue weighted by molar-refractivity contribution is 7.92. The van der Waals surface area contributed by atoms with Crippen LogP contribution in [0, 0.1) is 12.0 Å². The highest BCUT2D eigenvalue weighted by Crippen LogP contribution is 2.36. The van der Waals surface area contributed by atoms with Crippen molar-refractivity contribution in [2.24, 2.45) is 0 Å². The number of methoxy groups -OCH3 is 2. The molecule has 0 atom stereocenters. The van der Waals surface area contributed by atoms with E-state index in [-0.39, 0.29) is 22.4 Å².